The van der Waals surface area contributed by atoms with E-state index in [-0.39, 0.29) is 17.5 Å². The van der Waals surface area contributed by atoms with E-state index in [1.54, 1.807) is 13.8 Å². The maximum atomic E-state index is 12.9. The highest BCUT2D eigenvalue weighted by Gasteiger charge is 2.34. The number of alkyl halides is 3. The fourth-order valence-electron chi connectivity index (χ4n) is 1.84. The van der Waals surface area contributed by atoms with Crippen molar-refractivity contribution in [3.8, 4) is 6.07 Å². The molecule has 1 amide bonds. The standard InChI is InChI=1S/C14H16F3N3O/c1-8(2)12(13(21)19-3)20-10-5-4-9(7-18)11(6-10)14(15,16)17/h4-6,8,12,20H,1-3H3,(H,19,21). The molecule has 1 rings (SSSR count). The molecule has 21 heavy (non-hydrogen) atoms. The monoisotopic (exact) mass is 299 g/mol. The number of carbonyl (C=O) groups is 1. The van der Waals surface area contributed by atoms with Crippen molar-refractivity contribution in [1.82, 2.24) is 5.32 Å². The van der Waals surface area contributed by atoms with Crippen molar-refractivity contribution in [3.05, 3.63) is 29.3 Å². The molecule has 7 heteroatoms. The van der Waals surface area contributed by atoms with Gasteiger partial charge in [0.25, 0.3) is 0 Å². The zero-order chi connectivity index (χ0) is 16.2. The summed E-state index contributed by atoms with van der Waals surface area (Å²) in [6, 6.07) is 4.14. The maximum absolute atomic E-state index is 12.9. The van der Waals surface area contributed by atoms with Crippen LogP contribution in [0.25, 0.3) is 0 Å². The van der Waals surface area contributed by atoms with E-state index < -0.39 is 23.3 Å². The first-order valence-corrected chi connectivity index (χ1v) is 6.30. The lowest BCUT2D eigenvalue weighted by Crippen LogP contribution is -2.41. The molecule has 0 heterocycles. The average molecular weight is 299 g/mol. The number of hydrogen-bond acceptors (Lipinski definition) is 3. The summed E-state index contributed by atoms with van der Waals surface area (Å²) in [5.74, 6) is -0.433. The van der Waals surface area contributed by atoms with Crippen molar-refractivity contribution in [2.24, 2.45) is 5.92 Å². The van der Waals surface area contributed by atoms with E-state index in [1.165, 1.54) is 19.2 Å². The van der Waals surface area contributed by atoms with Crippen molar-refractivity contribution in [3.63, 3.8) is 0 Å². The van der Waals surface area contributed by atoms with E-state index in [1.807, 2.05) is 0 Å². The zero-order valence-corrected chi connectivity index (χ0v) is 11.9. The molecule has 1 aromatic rings. The molecular weight excluding hydrogens is 283 g/mol. The summed E-state index contributed by atoms with van der Waals surface area (Å²) in [5, 5.41) is 14.0. The van der Waals surface area contributed by atoms with Gasteiger partial charge in [0, 0.05) is 12.7 Å². The van der Waals surface area contributed by atoms with Gasteiger partial charge in [-0.2, -0.15) is 18.4 Å². The van der Waals surface area contributed by atoms with Crippen LogP contribution in [-0.4, -0.2) is 19.0 Å². The Labute approximate surface area is 121 Å². The van der Waals surface area contributed by atoms with E-state index in [2.05, 4.69) is 10.6 Å². The third-order valence-corrected chi connectivity index (χ3v) is 2.96. The number of benzene rings is 1. The molecule has 0 radical (unpaired) electrons. The highest BCUT2D eigenvalue weighted by Crippen LogP contribution is 2.33. The number of amides is 1. The molecule has 0 spiro atoms. The van der Waals surface area contributed by atoms with Crippen LogP contribution in [-0.2, 0) is 11.0 Å². The van der Waals surface area contributed by atoms with E-state index in [0.717, 1.165) is 12.1 Å². The molecule has 114 valence electrons. The lowest BCUT2D eigenvalue weighted by molar-refractivity contribution is -0.137. The Kier molecular flexibility index (Phi) is 5.19. The van der Waals surface area contributed by atoms with Gasteiger partial charge in [-0.15, -0.1) is 0 Å². The quantitative estimate of drug-likeness (QED) is 0.898. The molecule has 1 unspecified atom stereocenters. The molecule has 2 N–H and O–H groups in total. The fourth-order valence-corrected chi connectivity index (χ4v) is 1.84. The van der Waals surface area contributed by atoms with Crippen molar-refractivity contribution in [2.45, 2.75) is 26.1 Å². The number of carbonyl (C=O) groups excluding carboxylic acids is 1. The summed E-state index contributed by atoms with van der Waals surface area (Å²) in [7, 11) is 1.46. The van der Waals surface area contributed by atoms with Crippen LogP contribution >= 0.6 is 0 Å². The number of rotatable bonds is 4. The van der Waals surface area contributed by atoms with Gasteiger partial charge in [-0.25, -0.2) is 0 Å². The van der Waals surface area contributed by atoms with Gasteiger partial charge in [0.2, 0.25) is 5.91 Å². The summed E-state index contributed by atoms with van der Waals surface area (Å²) >= 11 is 0. The molecule has 0 saturated carbocycles. The van der Waals surface area contributed by atoms with E-state index in [9.17, 15) is 18.0 Å². The molecule has 0 aliphatic heterocycles. The van der Waals surface area contributed by atoms with Crippen molar-refractivity contribution in [1.29, 1.82) is 5.26 Å². The average Bonchev–Trinajstić information content (AvgIpc) is 2.42. The third-order valence-electron chi connectivity index (χ3n) is 2.96. The lowest BCUT2D eigenvalue weighted by atomic mass is 10.0. The van der Waals surface area contributed by atoms with Gasteiger partial charge in [0.05, 0.1) is 17.2 Å². The number of anilines is 1. The largest absolute Gasteiger partial charge is 0.417 e. The van der Waals surface area contributed by atoms with Crippen molar-refractivity contribution >= 4 is 11.6 Å². The predicted octanol–water partition coefficient (Wildman–Crippen LogP) is 2.76. The van der Waals surface area contributed by atoms with Crippen molar-refractivity contribution < 1.29 is 18.0 Å². The van der Waals surface area contributed by atoms with Crippen LogP contribution in [0.5, 0.6) is 0 Å². The zero-order valence-electron chi connectivity index (χ0n) is 11.9. The topological polar surface area (TPSA) is 64.9 Å². The molecule has 4 nitrogen and oxygen atoms in total. The minimum Gasteiger partial charge on any atom is -0.373 e. The summed E-state index contributed by atoms with van der Waals surface area (Å²) in [6.07, 6.45) is -4.62. The van der Waals surface area contributed by atoms with Gasteiger partial charge < -0.3 is 10.6 Å². The van der Waals surface area contributed by atoms with Crippen LogP contribution in [0, 0.1) is 17.2 Å². The molecular formula is C14H16F3N3O. The van der Waals surface area contributed by atoms with Crippen LogP contribution in [0.4, 0.5) is 18.9 Å². The molecule has 1 aromatic carbocycles. The summed E-state index contributed by atoms with van der Waals surface area (Å²) in [4.78, 5) is 11.7. The molecule has 0 aliphatic rings. The molecule has 1 atom stereocenters. The van der Waals surface area contributed by atoms with E-state index >= 15 is 0 Å². The first-order chi connectivity index (χ1) is 9.70. The lowest BCUT2D eigenvalue weighted by Gasteiger charge is -2.22. The van der Waals surface area contributed by atoms with Crippen molar-refractivity contribution in [2.75, 3.05) is 12.4 Å². The minimum atomic E-state index is -4.62. The Morgan fingerprint density at radius 3 is 2.38 bits per heavy atom. The first kappa shape index (κ1) is 16.8. The Bertz CT molecular complexity index is 562. The normalized spacial score (nSPS) is 12.7. The highest BCUT2D eigenvalue weighted by atomic mass is 19.4. The molecule has 0 fully saturated rings. The van der Waals surface area contributed by atoms with Crippen LogP contribution < -0.4 is 10.6 Å². The SMILES string of the molecule is CNC(=O)C(Nc1ccc(C#N)c(C(F)(F)F)c1)C(C)C. The second kappa shape index (κ2) is 6.48. The molecule has 0 aliphatic carbocycles. The van der Waals surface area contributed by atoms with Crippen LogP contribution in [0.2, 0.25) is 0 Å². The van der Waals surface area contributed by atoms with E-state index in [4.69, 9.17) is 5.26 Å². The Morgan fingerprint density at radius 2 is 1.95 bits per heavy atom. The van der Waals surface area contributed by atoms with Crippen LogP contribution in [0.3, 0.4) is 0 Å². The predicted molar refractivity (Wildman–Crippen MR) is 72.5 cm³/mol. The summed E-state index contributed by atoms with van der Waals surface area (Å²) in [5.41, 5.74) is -1.33. The fraction of sp³-hybridized carbons (Fsp3) is 0.429. The number of nitrogens with one attached hydrogen (secondary N) is 2. The van der Waals surface area contributed by atoms with Gasteiger partial charge in [-0.1, -0.05) is 13.8 Å². The molecule has 0 aromatic heterocycles. The molecule has 0 saturated heterocycles. The van der Waals surface area contributed by atoms with Gasteiger partial charge >= 0.3 is 6.18 Å². The second-order valence-corrected chi connectivity index (χ2v) is 4.85. The Hall–Kier alpha value is -2.23. The Balaban J connectivity index is 3.15. The second-order valence-electron chi connectivity index (χ2n) is 4.85. The van der Waals surface area contributed by atoms with Gasteiger partial charge in [-0.05, 0) is 24.1 Å². The summed E-state index contributed by atoms with van der Waals surface area (Å²) < 4.78 is 38.6. The Morgan fingerprint density at radius 1 is 1.33 bits per heavy atom. The minimum absolute atomic E-state index is 0.116. The third kappa shape index (κ3) is 4.12. The number of hydrogen-bond donors (Lipinski definition) is 2. The number of nitriles is 1. The van der Waals surface area contributed by atoms with Gasteiger partial charge in [0.15, 0.2) is 0 Å². The number of likely N-dealkylation sites (N-methyl/N-ethyl adjacent to an activating group) is 1. The van der Waals surface area contributed by atoms with Gasteiger partial charge in [0.1, 0.15) is 6.04 Å². The molecule has 0 bridgehead atoms. The smallest absolute Gasteiger partial charge is 0.373 e. The van der Waals surface area contributed by atoms with Gasteiger partial charge in [-0.3, -0.25) is 4.79 Å². The van der Waals surface area contributed by atoms with Crippen LogP contribution in [0.15, 0.2) is 18.2 Å². The van der Waals surface area contributed by atoms with Crippen LogP contribution in [0.1, 0.15) is 25.0 Å². The number of nitrogens with zero attached hydrogens (tertiary/aromatic N) is 1. The van der Waals surface area contributed by atoms with E-state index in [0.29, 0.717) is 0 Å². The highest BCUT2D eigenvalue weighted by molar-refractivity contribution is 5.84. The first-order valence-electron chi connectivity index (χ1n) is 6.30. The summed E-state index contributed by atoms with van der Waals surface area (Å²) in [6.45, 7) is 3.56. The number of halogens is 3. The maximum Gasteiger partial charge on any atom is 0.417 e.